The summed E-state index contributed by atoms with van der Waals surface area (Å²) in [5.74, 6) is -1.23. The molecule has 2 N–H and O–H groups in total. The van der Waals surface area contributed by atoms with Gasteiger partial charge in [0.25, 0.3) is 0 Å². The third kappa shape index (κ3) is 4.41. The molecule has 0 atom stereocenters. The highest BCUT2D eigenvalue weighted by Crippen LogP contribution is 2.10. The van der Waals surface area contributed by atoms with Crippen LogP contribution in [0.2, 0.25) is 0 Å². The molecule has 7 nitrogen and oxygen atoms in total. The quantitative estimate of drug-likeness (QED) is 0.829. The molecule has 0 saturated carbocycles. The zero-order valence-electron chi connectivity index (χ0n) is 11.6. The summed E-state index contributed by atoms with van der Waals surface area (Å²) in [6.45, 7) is 2.05. The van der Waals surface area contributed by atoms with Crippen LogP contribution >= 0.6 is 0 Å². The molecule has 1 aromatic carbocycles. The van der Waals surface area contributed by atoms with E-state index < -0.39 is 5.97 Å². The second-order valence-corrected chi connectivity index (χ2v) is 4.58. The first kappa shape index (κ1) is 14.7. The molecule has 2 aromatic rings. The van der Waals surface area contributed by atoms with Crippen molar-refractivity contribution in [3.8, 4) is 0 Å². The van der Waals surface area contributed by atoms with Crippen molar-refractivity contribution in [1.29, 1.82) is 0 Å². The Kier molecular flexibility index (Phi) is 4.65. The number of aryl methyl sites for hydroxylation is 1. The Morgan fingerprint density at radius 2 is 2.00 bits per heavy atom. The molecular formula is C14H16N4O3. The number of nitrogens with one attached hydrogen (secondary N) is 1. The number of hydrogen-bond donors (Lipinski definition) is 2. The van der Waals surface area contributed by atoms with Crippen molar-refractivity contribution in [3.05, 3.63) is 41.7 Å². The average Bonchev–Trinajstić information content (AvgIpc) is 2.85. The van der Waals surface area contributed by atoms with Crippen LogP contribution in [0.1, 0.15) is 18.2 Å². The van der Waals surface area contributed by atoms with Crippen molar-refractivity contribution in [2.75, 3.05) is 5.32 Å². The lowest BCUT2D eigenvalue weighted by Crippen LogP contribution is -2.19. The second-order valence-electron chi connectivity index (χ2n) is 4.58. The standard InChI is InChI=1S/C14H16N4O3/c1-2-10-3-5-11(6-4-10)15-13(19)9-18-8-12(16-17-18)7-14(20)21/h3-6,8H,2,7,9H2,1H3,(H,15,19)(H,20,21). The van der Waals surface area contributed by atoms with E-state index in [0.717, 1.165) is 6.42 Å². The Balaban J connectivity index is 1.91. The fourth-order valence-corrected chi connectivity index (χ4v) is 1.82. The van der Waals surface area contributed by atoms with E-state index >= 15 is 0 Å². The van der Waals surface area contributed by atoms with Crippen molar-refractivity contribution in [1.82, 2.24) is 15.0 Å². The van der Waals surface area contributed by atoms with Gasteiger partial charge in [0.05, 0.1) is 12.1 Å². The Morgan fingerprint density at radius 1 is 1.29 bits per heavy atom. The molecule has 0 bridgehead atoms. The van der Waals surface area contributed by atoms with E-state index in [-0.39, 0.29) is 18.9 Å². The van der Waals surface area contributed by atoms with E-state index in [1.165, 1.54) is 16.4 Å². The van der Waals surface area contributed by atoms with Crippen molar-refractivity contribution in [2.24, 2.45) is 0 Å². The van der Waals surface area contributed by atoms with Crippen LogP contribution in [0.4, 0.5) is 5.69 Å². The number of carbonyl (C=O) groups is 2. The number of nitrogens with zero attached hydrogens (tertiary/aromatic N) is 3. The number of aromatic nitrogens is 3. The minimum absolute atomic E-state index is 0.0118. The first-order chi connectivity index (χ1) is 10.1. The first-order valence-corrected chi connectivity index (χ1v) is 6.56. The van der Waals surface area contributed by atoms with Gasteiger partial charge in [0.1, 0.15) is 6.54 Å². The molecule has 0 unspecified atom stereocenters. The minimum Gasteiger partial charge on any atom is -0.481 e. The maximum absolute atomic E-state index is 11.9. The average molecular weight is 288 g/mol. The molecule has 1 aromatic heterocycles. The third-order valence-electron chi connectivity index (χ3n) is 2.87. The maximum Gasteiger partial charge on any atom is 0.309 e. The van der Waals surface area contributed by atoms with Gasteiger partial charge in [0.2, 0.25) is 5.91 Å². The lowest BCUT2D eigenvalue weighted by Gasteiger charge is -2.05. The highest BCUT2D eigenvalue weighted by atomic mass is 16.4. The molecule has 1 heterocycles. The van der Waals surface area contributed by atoms with Crippen LogP contribution in [-0.4, -0.2) is 32.0 Å². The monoisotopic (exact) mass is 288 g/mol. The van der Waals surface area contributed by atoms with Gasteiger partial charge in [-0.25, -0.2) is 4.68 Å². The number of carboxylic acid groups (broad SMARTS) is 1. The predicted molar refractivity (Wildman–Crippen MR) is 75.8 cm³/mol. The molecule has 0 spiro atoms. The summed E-state index contributed by atoms with van der Waals surface area (Å²) in [6.07, 6.45) is 2.19. The second kappa shape index (κ2) is 6.65. The lowest BCUT2D eigenvalue weighted by molar-refractivity contribution is -0.136. The van der Waals surface area contributed by atoms with E-state index in [4.69, 9.17) is 5.11 Å². The van der Waals surface area contributed by atoms with Crippen molar-refractivity contribution in [3.63, 3.8) is 0 Å². The van der Waals surface area contributed by atoms with E-state index in [1.54, 1.807) is 0 Å². The largest absolute Gasteiger partial charge is 0.481 e. The van der Waals surface area contributed by atoms with E-state index in [0.29, 0.717) is 11.4 Å². The van der Waals surface area contributed by atoms with E-state index in [2.05, 4.69) is 22.6 Å². The number of hydrogen-bond acceptors (Lipinski definition) is 4. The molecule has 0 fully saturated rings. The molecule has 110 valence electrons. The highest BCUT2D eigenvalue weighted by molar-refractivity contribution is 5.90. The van der Waals surface area contributed by atoms with Gasteiger partial charge < -0.3 is 10.4 Å². The molecule has 0 aliphatic heterocycles. The van der Waals surface area contributed by atoms with Gasteiger partial charge in [-0.2, -0.15) is 0 Å². The van der Waals surface area contributed by atoms with Crippen LogP contribution in [0.15, 0.2) is 30.5 Å². The number of benzene rings is 1. The van der Waals surface area contributed by atoms with E-state index in [9.17, 15) is 9.59 Å². The van der Waals surface area contributed by atoms with Crippen molar-refractivity contribution in [2.45, 2.75) is 26.3 Å². The van der Waals surface area contributed by atoms with Crippen LogP contribution in [0.3, 0.4) is 0 Å². The molecule has 2 rings (SSSR count). The molecule has 1 amide bonds. The SMILES string of the molecule is CCc1ccc(NC(=O)Cn2cc(CC(=O)O)nn2)cc1. The van der Waals surface area contributed by atoms with Gasteiger partial charge in [0.15, 0.2) is 0 Å². The van der Waals surface area contributed by atoms with Crippen LogP contribution < -0.4 is 5.32 Å². The van der Waals surface area contributed by atoms with Crippen LogP contribution in [-0.2, 0) is 29.0 Å². The van der Waals surface area contributed by atoms with E-state index in [1.807, 2.05) is 24.3 Å². The molecule has 0 aliphatic carbocycles. The molecule has 7 heteroatoms. The van der Waals surface area contributed by atoms with Crippen LogP contribution in [0.25, 0.3) is 0 Å². The Labute approximate surface area is 121 Å². The van der Waals surface area contributed by atoms with Gasteiger partial charge in [0, 0.05) is 11.9 Å². The first-order valence-electron chi connectivity index (χ1n) is 6.56. The molecule has 21 heavy (non-hydrogen) atoms. The molecule has 0 saturated heterocycles. The maximum atomic E-state index is 11.9. The fraction of sp³-hybridized carbons (Fsp3) is 0.286. The van der Waals surface area contributed by atoms with Crippen molar-refractivity contribution < 1.29 is 14.7 Å². The lowest BCUT2D eigenvalue weighted by atomic mass is 10.1. The van der Waals surface area contributed by atoms with Gasteiger partial charge in [-0.3, -0.25) is 9.59 Å². The normalized spacial score (nSPS) is 10.3. The number of amides is 1. The Bertz CT molecular complexity index is 634. The number of carboxylic acids is 1. The molecule has 0 aliphatic rings. The summed E-state index contributed by atoms with van der Waals surface area (Å²) in [6, 6.07) is 7.59. The number of rotatable bonds is 6. The summed E-state index contributed by atoms with van der Waals surface area (Å²) in [4.78, 5) is 22.4. The summed E-state index contributed by atoms with van der Waals surface area (Å²) in [7, 11) is 0. The number of carbonyl (C=O) groups excluding carboxylic acids is 1. The van der Waals surface area contributed by atoms with Crippen molar-refractivity contribution >= 4 is 17.6 Å². The van der Waals surface area contributed by atoms with Crippen LogP contribution in [0.5, 0.6) is 0 Å². The topological polar surface area (TPSA) is 97.1 Å². The smallest absolute Gasteiger partial charge is 0.309 e. The zero-order chi connectivity index (χ0) is 15.2. The Hall–Kier alpha value is -2.70. The summed E-state index contributed by atoms with van der Waals surface area (Å²) in [5, 5.41) is 18.8. The number of aliphatic carboxylic acids is 1. The van der Waals surface area contributed by atoms with Gasteiger partial charge in [-0.05, 0) is 24.1 Å². The van der Waals surface area contributed by atoms with Crippen LogP contribution in [0, 0.1) is 0 Å². The molecular weight excluding hydrogens is 272 g/mol. The fourth-order valence-electron chi connectivity index (χ4n) is 1.82. The summed E-state index contributed by atoms with van der Waals surface area (Å²) in [5.41, 5.74) is 2.23. The minimum atomic E-state index is -0.984. The molecule has 0 radical (unpaired) electrons. The third-order valence-corrected chi connectivity index (χ3v) is 2.87. The zero-order valence-corrected chi connectivity index (χ0v) is 11.6. The highest BCUT2D eigenvalue weighted by Gasteiger charge is 2.08. The van der Waals surface area contributed by atoms with Gasteiger partial charge >= 0.3 is 5.97 Å². The summed E-state index contributed by atoms with van der Waals surface area (Å²) >= 11 is 0. The van der Waals surface area contributed by atoms with Gasteiger partial charge in [-0.15, -0.1) is 5.10 Å². The summed E-state index contributed by atoms with van der Waals surface area (Å²) < 4.78 is 1.31. The number of anilines is 1. The van der Waals surface area contributed by atoms with Gasteiger partial charge in [-0.1, -0.05) is 24.3 Å². The Morgan fingerprint density at radius 3 is 2.62 bits per heavy atom. The predicted octanol–water partition coefficient (Wildman–Crippen LogP) is 1.11.